The van der Waals surface area contributed by atoms with Gasteiger partial charge in [-0.3, -0.25) is 10.1 Å². The first kappa shape index (κ1) is 19.7. The van der Waals surface area contributed by atoms with E-state index in [9.17, 15) is 4.79 Å². The number of benzene rings is 3. The molecule has 144 valence electrons. The third-order valence-corrected chi connectivity index (χ3v) is 4.10. The predicted octanol–water partition coefficient (Wildman–Crippen LogP) is 3.53. The van der Waals surface area contributed by atoms with E-state index < -0.39 is 6.04 Å². The van der Waals surface area contributed by atoms with Crippen molar-refractivity contribution >= 4 is 11.9 Å². The van der Waals surface area contributed by atoms with Gasteiger partial charge < -0.3 is 10.5 Å². The molecule has 29 heavy (non-hydrogen) atoms. The van der Waals surface area contributed by atoms with Crippen molar-refractivity contribution in [3.63, 3.8) is 0 Å². The molecule has 0 radical (unpaired) electrons. The van der Waals surface area contributed by atoms with Crippen molar-refractivity contribution < 1.29 is 9.53 Å². The number of nitrogens with one attached hydrogen (secondary N) is 1. The van der Waals surface area contributed by atoms with E-state index in [1.807, 2.05) is 60.7 Å². The van der Waals surface area contributed by atoms with Gasteiger partial charge in [0.05, 0.1) is 7.11 Å². The molecule has 3 rings (SSSR count). The normalized spacial score (nSPS) is 11.7. The Morgan fingerprint density at radius 3 is 2.21 bits per heavy atom. The van der Waals surface area contributed by atoms with E-state index in [0.29, 0.717) is 5.56 Å². The molecule has 0 aliphatic rings. The molecule has 0 aromatic heterocycles. The Kier molecular flexibility index (Phi) is 6.64. The summed E-state index contributed by atoms with van der Waals surface area (Å²) >= 11 is 0. The minimum atomic E-state index is -0.544. The van der Waals surface area contributed by atoms with Crippen LogP contribution in [0.1, 0.15) is 27.5 Å². The van der Waals surface area contributed by atoms with Gasteiger partial charge in [-0.25, -0.2) is 4.99 Å². The highest BCUT2D eigenvalue weighted by atomic mass is 16.5. The lowest BCUT2D eigenvalue weighted by molar-refractivity contribution is 0.0976. The van der Waals surface area contributed by atoms with E-state index in [1.54, 1.807) is 31.4 Å². The molecular formula is C24H21N3O2. The summed E-state index contributed by atoms with van der Waals surface area (Å²) < 4.78 is 5.21. The van der Waals surface area contributed by atoms with Crippen molar-refractivity contribution in [1.82, 2.24) is 5.32 Å². The largest absolute Gasteiger partial charge is 0.497 e. The number of methoxy groups -OCH3 is 1. The van der Waals surface area contributed by atoms with Gasteiger partial charge in [-0.05, 0) is 42.0 Å². The fourth-order valence-corrected chi connectivity index (χ4v) is 2.60. The smallest absolute Gasteiger partial charge is 0.257 e. The molecular weight excluding hydrogens is 362 g/mol. The van der Waals surface area contributed by atoms with E-state index in [1.165, 1.54) is 0 Å². The summed E-state index contributed by atoms with van der Waals surface area (Å²) in [4.78, 5) is 16.7. The summed E-state index contributed by atoms with van der Waals surface area (Å²) in [6.07, 6.45) is 0. The predicted molar refractivity (Wildman–Crippen MR) is 115 cm³/mol. The molecule has 0 bridgehead atoms. The second-order valence-corrected chi connectivity index (χ2v) is 6.15. The topological polar surface area (TPSA) is 76.7 Å². The van der Waals surface area contributed by atoms with Crippen LogP contribution in [-0.2, 0) is 0 Å². The second-order valence-electron chi connectivity index (χ2n) is 6.15. The highest BCUT2D eigenvalue weighted by molar-refractivity contribution is 6.05. The highest BCUT2D eigenvalue weighted by Crippen LogP contribution is 2.20. The van der Waals surface area contributed by atoms with E-state index in [0.717, 1.165) is 16.9 Å². The van der Waals surface area contributed by atoms with Crippen LogP contribution in [0.2, 0.25) is 0 Å². The number of hydrogen-bond donors (Lipinski definition) is 2. The van der Waals surface area contributed by atoms with Gasteiger partial charge in [-0.15, -0.1) is 0 Å². The van der Waals surface area contributed by atoms with Gasteiger partial charge in [0, 0.05) is 11.1 Å². The molecule has 3 aromatic rings. The lowest BCUT2D eigenvalue weighted by Crippen LogP contribution is -2.37. The summed E-state index contributed by atoms with van der Waals surface area (Å²) in [7, 11) is 1.61. The Balaban J connectivity index is 1.86. The van der Waals surface area contributed by atoms with Crippen molar-refractivity contribution in [2.24, 2.45) is 10.7 Å². The van der Waals surface area contributed by atoms with Crippen LogP contribution in [-0.4, -0.2) is 19.0 Å². The van der Waals surface area contributed by atoms with Crippen LogP contribution in [0.15, 0.2) is 89.9 Å². The van der Waals surface area contributed by atoms with Crippen LogP contribution in [0.25, 0.3) is 0 Å². The molecule has 0 fully saturated rings. The molecule has 0 spiro atoms. The molecule has 1 atom stereocenters. The van der Waals surface area contributed by atoms with E-state index in [-0.39, 0.29) is 11.9 Å². The summed E-state index contributed by atoms with van der Waals surface area (Å²) in [6.45, 7) is 0. The lowest BCUT2D eigenvalue weighted by atomic mass is 10.1. The number of hydrogen-bond acceptors (Lipinski definition) is 3. The first-order chi connectivity index (χ1) is 14.2. The molecule has 1 unspecified atom stereocenters. The fraction of sp³-hybridized carbons (Fsp3) is 0.0833. The average Bonchev–Trinajstić information content (AvgIpc) is 2.78. The minimum Gasteiger partial charge on any atom is -0.497 e. The zero-order chi connectivity index (χ0) is 20.5. The van der Waals surface area contributed by atoms with Gasteiger partial charge >= 0.3 is 0 Å². The highest BCUT2D eigenvalue weighted by Gasteiger charge is 2.11. The standard InChI is InChI=1S/C24H21N3O2/c1-29-21-15-13-19(14-16-21)22(17-12-18-8-4-2-5-9-18)26-24(25)27-23(28)20-10-6-3-7-11-20/h2-11,13-16,22H,1H3,(H3,25,26,27,28). The molecule has 5 heteroatoms. The van der Waals surface area contributed by atoms with Crippen LogP contribution in [0.4, 0.5) is 0 Å². The Labute approximate surface area is 170 Å². The van der Waals surface area contributed by atoms with Crippen molar-refractivity contribution in [2.45, 2.75) is 6.04 Å². The molecule has 1 amide bonds. The monoisotopic (exact) mass is 383 g/mol. The van der Waals surface area contributed by atoms with Gasteiger partial charge in [-0.1, -0.05) is 60.4 Å². The Bertz CT molecular complexity index is 1030. The zero-order valence-corrected chi connectivity index (χ0v) is 16.0. The van der Waals surface area contributed by atoms with Crippen LogP contribution < -0.4 is 15.8 Å². The number of aliphatic imine (C=N–C) groups is 1. The first-order valence-electron chi connectivity index (χ1n) is 9.06. The summed E-state index contributed by atoms with van der Waals surface area (Å²) in [6, 6.07) is 25.3. The van der Waals surface area contributed by atoms with E-state index in [4.69, 9.17) is 10.5 Å². The number of amides is 1. The summed E-state index contributed by atoms with van der Waals surface area (Å²) in [5.41, 5.74) is 8.21. The van der Waals surface area contributed by atoms with E-state index in [2.05, 4.69) is 22.2 Å². The number of carbonyl (C=O) groups is 1. The van der Waals surface area contributed by atoms with Crippen LogP contribution >= 0.6 is 0 Å². The van der Waals surface area contributed by atoms with Gasteiger partial charge in [0.25, 0.3) is 5.91 Å². The Hall–Kier alpha value is -4.04. The number of rotatable bonds is 4. The van der Waals surface area contributed by atoms with Crippen LogP contribution in [0.3, 0.4) is 0 Å². The third kappa shape index (κ3) is 5.72. The van der Waals surface area contributed by atoms with Crippen LogP contribution in [0.5, 0.6) is 5.75 Å². The number of nitrogens with two attached hydrogens (primary N) is 1. The van der Waals surface area contributed by atoms with E-state index >= 15 is 0 Å². The van der Waals surface area contributed by atoms with Crippen LogP contribution in [0, 0.1) is 11.8 Å². The van der Waals surface area contributed by atoms with Gasteiger partial charge in [0.2, 0.25) is 0 Å². The van der Waals surface area contributed by atoms with Crippen molar-refractivity contribution in [3.05, 3.63) is 102 Å². The molecule has 0 heterocycles. The maximum absolute atomic E-state index is 12.3. The molecule has 5 nitrogen and oxygen atoms in total. The van der Waals surface area contributed by atoms with Crippen molar-refractivity contribution in [1.29, 1.82) is 0 Å². The number of nitrogens with zero attached hydrogens (tertiary/aromatic N) is 1. The van der Waals surface area contributed by atoms with Gasteiger partial charge in [0.15, 0.2) is 5.96 Å². The lowest BCUT2D eigenvalue weighted by Gasteiger charge is -2.10. The molecule has 3 aromatic carbocycles. The molecule has 0 saturated heterocycles. The molecule has 0 aliphatic carbocycles. The molecule has 0 aliphatic heterocycles. The number of carbonyl (C=O) groups excluding carboxylic acids is 1. The summed E-state index contributed by atoms with van der Waals surface area (Å²) in [5, 5.41) is 2.61. The quantitative estimate of drug-likeness (QED) is 0.411. The number of ether oxygens (including phenoxy) is 1. The van der Waals surface area contributed by atoms with Gasteiger partial charge in [-0.2, -0.15) is 0 Å². The SMILES string of the molecule is COc1ccc(C(C#Cc2ccccc2)N=C(N)NC(=O)c2ccccc2)cc1. The number of guanidine groups is 1. The second kappa shape index (κ2) is 9.77. The first-order valence-corrected chi connectivity index (χ1v) is 9.06. The maximum atomic E-state index is 12.3. The minimum absolute atomic E-state index is 0.00188. The van der Waals surface area contributed by atoms with Gasteiger partial charge in [0.1, 0.15) is 11.8 Å². The Morgan fingerprint density at radius 2 is 1.59 bits per heavy atom. The fourth-order valence-electron chi connectivity index (χ4n) is 2.60. The molecule has 0 saturated carbocycles. The zero-order valence-electron chi connectivity index (χ0n) is 16.0. The maximum Gasteiger partial charge on any atom is 0.257 e. The Morgan fingerprint density at radius 1 is 0.966 bits per heavy atom. The van der Waals surface area contributed by atoms with Crippen molar-refractivity contribution in [3.8, 4) is 17.6 Å². The van der Waals surface area contributed by atoms with Crippen molar-refractivity contribution in [2.75, 3.05) is 7.11 Å². The average molecular weight is 383 g/mol. The summed E-state index contributed by atoms with van der Waals surface area (Å²) in [5.74, 6) is 6.64. The molecule has 3 N–H and O–H groups in total. The third-order valence-electron chi connectivity index (χ3n) is 4.10.